The van der Waals surface area contributed by atoms with Gasteiger partial charge in [0.15, 0.2) is 0 Å². The summed E-state index contributed by atoms with van der Waals surface area (Å²) in [6, 6.07) is -2.14. The Kier molecular flexibility index (Phi) is 5.50. The van der Waals surface area contributed by atoms with Crippen LogP contribution in [0.2, 0.25) is 0 Å². The summed E-state index contributed by atoms with van der Waals surface area (Å²) in [7, 11) is 0. The first-order chi connectivity index (χ1) is 6.52. The van der Waals surface area contributed by atoms with Crippen molar-refractivity contribution in [3.8, 4) is 0 Å². The summed E-state index contributed by atoms with van der Waals surface area (Å²) in [4.78, 5) is 21.6. The highest BCUT2D eigenvalue weighted by atomic mass is 16.4. The van der Waals surface area contributed by atoms with Crippen LogP contribution in [0.3, 0.4) is 0 Å². The van der Waals surface area contributed by atoms with Crippen LogP contribution in [0.5, 0.6) is 0 Å². The summed E-state index contributed by atoms with van der Waals surface area (Å²) in [6.45, 7) is 2.73. The maximum absolute atomic E-state index is 11.1. The van der Waals surface area contributed by atoms with Gasteiger partial charge in [-0.15, -0.1) is 6.58 Å². The number of carboxylic acids is 1. The number of hydrogen-bond acceptors (Lipinski definition) is 4. The number of amides is 1. The number of aliphatic hydroxyl groups is 1. The monoisotopic (exact) mass is 202 g/mol. The summed E-state index contributed by atoms with van der Waals surface area (Å²) >= 11 is 0. The fourth-order valence-electron chi connectivity index (χ4n) is 0.751. The number of hydrogen-bond donors (Lipinski definition) is 4. The zero-order chi connectivity index (χ0) is 11.1. The molecule has 0 aromatic carbocycles. The van der Waals surface area contributed by atoms with Crippen LogP contribution in [0.15, 0.2) is 12.7 Å². The molecule has 1 amide bonds. The molecular weight excluding hydrogens is 188 g/mol. The van der Waals surface area contributed by atoms with Gasteiger partial charge in [0, 0.05) is 0 Å². The predicted molar refractivity (Wildman–Crippen MR) is 49.4 cm³/mol. The van der Waals surface area contributed by atoms with Gasteiger partial charge in [0.2, 0.25) is 5.91 Å². The van der Waals surface area contributed by atoms with Crippen LogP contribution in [0.25, 0.3) is 0 Å². The summed E-state index contributed by atoms with van der Waals surface area (Å²) in [6.07, 6.45) is 1.71. The first-order valence-corrected chi connectivity index (χ1v) is 4.03. The molecule has 1 unspecified atom stereocenters. The minimum atomic E-state index is -1.31. The Labute approximate surface area is 81.4 Å². The molecule has 80 valence electrons. The second kappa shape index (κ2) is 6.11. The van der Waals surface area contributed by atoms with Gasteiger partial charge in [0.25, 0.3) is 0 Å². The van der Waals surface area contributed by atoms with E-state index >= 15 is 0 Å². The molecule has 0 radical (unpaired) electrons. The van der Waals surface area contributed by atoms with E-state index in [1.165, 1.54) is 6.08 Å². The molecule has 6 nitrogen and oxygen atoms in total. The summed E-state index contributed by atoms with van der Waals surface area (Å²) < 4.78 is 0. The van der Waals surface area contributed by atoms with Crippen molar-refractivity contribution in [1.82, 2.24) is 5.32 Å². The molecule has 0 heterocycles. The van der Waals surface area contributed by atoms with Gasteiger partial charge in [-0.25, -0.2) is 4.79 Å². The van der Waals surface area contributed by atoms with Crippen molar-refractivity contribution in [1.29, 1.82) is 0 Å². The Hall–Kier alpha value is -1.40. The Morgan fingerprint density at radius 2 is 2.14 bits per heavy atom. The van der Waals surface area contributed by atoms with Gasteiger partial charge in [-0.1, -0.05) is 6.08 Å². The van der Waals surface area contributed by atoms with Crippen LogP contribution >= 0.6 is 0 Å². The minimum Gasteiger partial charge on any atom is -0.480 e. The largest absolute Gasteiger partial charge is 0.480 e. The molecule has 2 atom stereocenters. The standard InChI is InChI=1S/C8H14N2O4/c1-2-3-5(9)7(12)10-6(4-11)8(13)14/h2,5-6,11H,1,3-4,9H2,(H,10,12)(H,13,14)/t5?,6-/m1/s1. The molecule has 0 fully saturated rings. The zero-order valence-electron chi connectivity index (χ0n) is 7.64. The van der Waals surface area contributed by atoms with Gasteiger partial charge in [0.05, 0.1) is 12.6 Å². The summed E-state index contributed by atoms with van der Waals surface area (Å²) in [5, 5.41) is 19.2. The molecule has 0 saturated heterocycles. The van der Waals surface area contributed by atoms with Crippen molar-refractivity contribution in [3.05, 3.63) is 12.7 Å². The van der Waals surface area contributed by atoms with E-state index < -0.39 is 30.6 Å². The highest BCUT2D eigenvalue weighted by Gasteiger charge is 2.21. The smallest absolute Gasteiger partial charge is 0.328 e. The molecule has 14 heavy (non-hydrogen) atoms. The average Bonchev–Trinajstić information content (AvgIpc) is 2.13. The quantitative estimate of drug-likeness (QED) is 0.389. The van der Waals surface area contributed by atoms with Crippen molar-refractivity contribution in [2.24, 2.45) is 5.73 Å². The lowest BCUT2D eigenvalue weighted by Gasteiger charge is -2.14. The molecular formula is C8H14N2O4. The number of aliphatic hydroxyl groups excluding tert-OH is 1. The lowest BCUT2D eigenvalue weighted by molar-refractivity contribution is -0.143. The van der Waals surface area contributed by atoms with Crippen LogP contribution < -0.4 is 11.1 Å². The van der Waals surface area contributed by atoms with E-state index in [1.54, 1.807) is 0 Å². The average molecular weight is 202 g/mol. The van der Waals surface area contributed by atoms with E-state index in [-0.39, 0.29) is 6.42 Å². The molecule has 0 aromatic heterocycles. The van der Waals surface area contributed by atoms with Crippen LogP contribution in [-0.4, -0.2) is 40.8 Å². The van der Waals surface area contributed by atoms with Crippen molar-refractivity contribution in [2.45, 2.75) is 18.5 Å². The third-order valence-corrected chi connectivity index (χ3v) is 1.55. The van der Waals surface area contributed by atoms with Gasteiger partial charge in [0.1, 0.15) is 6.04 Å². The van der Waals surface area contributed by atoms with E-state index in [0.29, 0.717) is 0 Å². The fraction of sp³-hybridized carbons (Fsp3) is 0.500. The second-order valence-corrected chi connectivity index (χ2v) is 2.71. The van der Waals surface area contributed by atoms with Crippen LogP contribution in [0, 0.1) is 0 Å². The van der Waals surface area contributed by atoms with E-state index in [0.717, 1.165) is 0 Å². The van der Waals surface area contributed by atoms with Crippen molar-refractivity contribution in [3.63, 3.8) is 0 Å². The number of carboxylic acid groups (broad SMARTS) is 1. The highest BCUT2D eigenvalue weighted by molar-refractivity contribution is 5.86. The molecule has 0 rings (SSSR count). The van der Waals surface area contributed by atoms with Crippen LogP contribution in [0.4, 0.5) is 0 Å². The Bertz CT molecular complexity index is 229. The number of nitrogens with two attached hydrogens (primary N) is 1. The minimum absolute atomic E-state index is 0.254. The number of carbonyl (C=O) groups excluding carboxylic acids is 1. The van der Waals surface area contributed by atoms with Crippen LogP contribution in [0.1, 0.15) is 6.42 Å². The molecule has 0 spiro atoms. The maximum atomic E-state index is 11.1. The summed E-state index contributed by atoms with van der Waals surface area (Å²) in [5.41, 5.74) is 5.37. The number of aliphatic carboxylic acids is 1. The number of rotatable bonds is 6. The molecule has 5 N–H and O–H groups in total. The third kappa shape index (κ3) is 4.01. The Morgan fingerprint density at radius 3 is 2.50 bits per heavy atom. The molecule has 0 bridgehead atoms. The van der Waals surface area contributed by atoms with E-state index in [1.807, 2.05) is 0 Å². The van der Waals surface area contributed by atoms with Crippen molar-refractivity contribution < 1.29 is 19.8 Å². The molecule has 0 saturated carbocycles. The Balaban J connectivity index is 4.14. The third-order valence-electron chi connectivity index (χ3n) is 1.55. The van der Waals surface area contributed by atoms with E-state index in [9.17, 15) is 9.59 Å². The molecule has 0 aliphatic heterocycles. The lowest BCUT2D eigenvalue weighted by Crippen LogP contribution is -2.49. The van der Waals surface area contributed by atoms with Gasteiger partial charge < -0.3 is 21.3 Å². The summed E-state index contributed by atoms with van der Waals surface area (Å²) in [5.74, 6) is -1.92. The SMILES string of the molecule is C=CCC(N)C(=O)N[C@H](CO)C(=O)O. The second-order valence-electron chi connectivity index (χ2n) is 2.71. The fourth-order valence-corrected chi connectivity index (χ4v) is 0.751. The van der Waals surface area contributed by atoms with E-state index in [2.05, 4.69) is 11.9 Å². The lowest BCUT2D eigenvalue weighted by atomic mass is 10.2. The molecule has 0 aliphatic carbocycles. The van der Waals surface area contributed by atoms with Gasteiger partial charge in [-0.05, 0) is 6.42 Å². The molecule has 6 heteroatoms. The topological polar surface area (TPSA) is 113 Å². The first-order valence-electron chi connectivity index (χ1n) is 4.03. The zero-order valence-corrected chi connectivity index (χ0v) is 7.64. The predicted octanol–water partition coefficient (Wildman–Crippen LogP) is -1.55. The highest BCUT2D eigenvalue weighted by Crippen LogP contribution is 1.91. The van der Waals surface area contributed by atoms with E-state index in [4.69, 9.17) is 15.9 Å². The van der Waals surface area contributed by atoms with Crippen molar-refractivity contribution >= 4 is 11.9 Å². The molecule has 0 aromatic rings. The first kappa shape index (κ1) is 12.6. The van der Waals surface area contributed by atoms with Gasteiger partial charge in [-0.2, -0.15) is 0 Å². The van der Waals surface area contributed by atoms with Crippen LogP contribution in [-0.2, 0) is 9.59 Å². The molecule has 0 aliphatic rings. The Morgan fingerprint density at radius 1 is 1.57 bits per heavy atom. The van der Waals surface area contributed by atoms with Gasteiger partial charge >= 0.3 is 5.97 Å². The maximum Gasteiger partial charge on any atom is 0.328 e. The van der Waals surface area contributed by atoms with Gasteiger partial charge in [-0.3, -0.25) is 4.79 Å². The normalized spacial score (nSPS) is 14.1. The number of nitrogens with one attached hydrogen (secondary N) is 1. The number of carbonyl (C=O) groups is 2. The van der Waals surface area contributed by atoms with Crippen molar-refractivity contribution in [2.75, 3.05) is 6.61 Å².